The zero-order valence-corrected chi connectivity index (χ0v) is 15.1. The molecule has 1 aromatic heterocycles. The molecule has 0 saturated heterocycles. The van der Waals surface area contributed by atoms with Crippen molar-refractivity contribution in [3.8, 4) is 0 Å². The van der Waals surface area contributed by atoms with Gasteiger partial charge in [0.2, 0.25) is 0 Å². The normalized spacial score (nSPS) is 10.9. The molecule has 8 nitrogen and oxygen atoms in total. The van der Waals surface area contributed by atoms with Gasteiger partial charge in [0.25, 0.3) is 21.8 Å². The summed E-state index contributed by atoms with van der Waals surface area (Å²) >= 11 is 0. The number of hydrogen-bond acceptors (Lipinski definition) is 4. The van der Waals surface area contributed by atoms with Crippen LogP contribution in [-0.2, 0) is 10.0 Å². The maximum atomic E-state index is 13.6. The lowest BCUT2D eigenvalue weighted by molar-refractivity contribution is 0.0844. The van der Waals surface area contributed by atoms with Crippen molar-refractivity contribution in [1.29, 1.82) is 0 Å². The predicted molar refractivity (Wildman–Crippen MR) is 99.4 cm³/mol. The predicted octanol–water partition coefficient (Wildman–Crippen LogP) is 2.03. The fraction of sp³-hybridized carbons (Fsp3) is 0. The molecule has 28 heavy (non-hydrogen) atoms. The molecular weight excluding hydrogens is 387 g/mol. The van der Waals surface area contributed by atoms with Crippen LogP contribution >= 0.6 is 0 Å². The van der Waals surface area contributed by atoms with Crippen LogP contribution in [0.25, 0.3) is 0 Å². The third-order valence-corrected chi connectivity index (χ3v) is 5.00. The molecule has 0 aliphatic carbocycles. The SMILES string of the molecule is O=C(NNC(=O)c1cc(S(=O)(=O)Nc2ccccc2F)c[nH]1)c1ccccc1. The van der Waals surface area contributed by atoms with E-state index < -0.39 is 27.7 Å². The van der Waals surface area contributed by atoms with E-state index in [0.29, 0.717) is 5.56 Å². The van der Waals surface area contributed by atoms with Gasteiger partial charge < -0.3 is 4.98 Å². The largest absolute Gasteiger partial charge is 0.356 e. The lowest BCUT2D eigenvalue weighted by Crippen LogP contribution is -2.41. The number of amides is 2. The number of rotatable bonds is 5. The molecule has 0 radical (unpaired) electrons. The van der Waals surface area contributed by atoms with E-state index in [9.17, 15) is 22.4 Å². The summed E-state index contributed by atoms with van der Waals surface area (Å²) in [7, 11) is -4.11. The maximum absolute atomic E-state index is 13.6. The van der Waals surface area contributed by atoms with Gasteiger partial charge in [0, 0.05) is 11.8 Å². The Morgan fingerprint density at radius 3 is 2.25 bits per heavy atom. The Kier molecular flexibility index (Phi) is 5.41. The summed E-state index contributed by atoms with van der Waals surface area (Å²) in [6.07, 6.45) is 1.08. The second kappa shape index (κ2) is 7.92. The minimum absolute atomic E-state index is 0.109. The number of aromatic nitrogens is 1. The van der Waals surface area contributed by atoms with E-state index >= 15 is 0 Å². The van der Waals surface area contributed by atoms with E-state index in [-0.39, 0.29) is 16.3 Å². The Hall–Kier alpha value is -3.66. The van der Waals surface area contributed by atoms with Crippen LogP contribution in [0, 0.1) is 5.82 Å². The number of carbonyl (C=O) groups excluding carboxylic acids is 2. The van der Waals surface area contributed by atoms with Crippen molar-refractivity contribution in [1.82, 2.24) is 15.8 Å². The lowest BCUT2D eigenvalue weighted by Gasteiger charge is -2.07. The van der Waals surface area contributed by atoms with Crippen LogP contribution in [0.1, 0.15) is 20.8 Å². The molecular formula is C18H15FN4O4S. The molecule has 0 fully saturated rings. The van der Waals surface area contributed by atoms with Crippen molar-refractivity contribution in [3.63, 3.8) is 0 Å². The number of anilines is 1. The smallest absolute Gasteiger partial charge is 0.286 e. The van der Waals surface area contributed by atoms with E-state index in [0.717, 1.165) is 18.3 Å². The third-order valence-electron chi connectivity index (χ3n) is 3.66. The first-order chi connectivity index (χ1) is 13.4. The van der Waals surface area contributed by atoms with Crippen molar-refractivity contribution in [2.75, 3.05) is 4.72 Å². The van der Waals surface area contributed by atoms with Gasteiger partial charge in [-0.3, -0.25) is 25.2 Å². The Labute approximate surface area is 159 Å². The monoisotopic (exact) mass is 402 g/mol. The van der Waals surface area contributed by atoms with Gasteiger partial charge in [-0.2, -0.15) is 0 Å². The van der Waals surface area contributed by atoms with Crippen LogP contribution in [0.4, 0.5) is 10.1 Å². The number of carbonyl (C=O) groups is 2. The van der Waals surface area contributed by atoms with Gasteiger partial charge in [-0.25, -0.2) is 12.8 Å². The molecule has 144 valence electrons. The fourth-order valence-electron chi connectivity index (χ4n) is 2.25. The van der Waals surface area contributed by atoms with Crippen LogP contribution < -0.4 is 15.6 Å². The molecule has 0 aliphatic heterocycles. The second-order valence-corrected chi connectivity index (χ2v) is 7.29. The quantitative estimate of drug-likeness (QED) is 0.488. The van der Waals surface area contributed by atoms with Crippen LogP contribution in [-0.4, -0.2) is 25.2 Å². The summed E-state index contributed by atoms with van der Waals surface area (Å²) in [4.78, 5) is 26.2. The number of H-pyrrole nitrogens is 1. The van der Waals surface area contributed by atoms with E-state index in [4.69, 9.17) is 0 Å². The van der Waals surface area contributed by atoms with E-state index in [1.807, 2.05) is 0 Å². The molecule has 0 saturated carbocycles. The molecule has 0 bridgehead atoms. The first kappa shape index (κ1) is 19.1. The summed E-state index contributed by atoms with van der Waals surface area (Å²) in [5.74, 6) is -2.02. The van der Waals surface area contributed by atoms with Crippen LogP contribution in [0.15, 0.2) is 71.8 Å². The summed E-state index contributed by atoms with van der Waals surface area (Å²) in [6.45, 7) is 0. The number of para-hydroxylation sites is 1. The van der Waals surface area contributed by atoms with Gasteiger partial charge in [0.05, 0.1) is 5.69 Å². The Bertz CT molecular complexity index is 1110. The topological polar surface area (TPSA) is 120 Å². The number of sulfonamides is 1. The van der Waals surface area contributed by atoms with E-state index in [1.54, 1.807) is 30.3 Å². The highest BCUT2D eigenvalue weighted by Gasteiger charge is 2.20. The number of hydrogen-bond donors (Lipinski definition) is 4. The van der Waals surface area contributed by atoms with Gasteiger partial charge in [-0.15, -0.1) is 0 Å². The highest BCUT2D eigenvalue weighted by Crippen LogP contribution is 2.19. The van der Waals surface area contributed by atoms with Gasteiger partial charge in [0.1, 0.15) is 16.4 Å². The second-order valence-electron chi connectivity index (χ2n) is 5.61. The van der Waals surface area contributed by atoms with Gasteiger partial charge in [0.15, 0.2) is 0 Å². The summed E-state index contributed by atoms with van der Waals surface area (Å²) < 4.78 is 40.4. The molecule has 0 spiro atoms. The molecule has 0 unspecified atom stereocenters. The minimum Gasteiger partial charge on any atom is -0.356 e. The van der Waals surface area contributed by atoms with Gasteiger partial charge >= 0.3 is 0 Å². The standard InChI is InChI=1S/C18H15FN4O4S/c19-14-8-4-5-9-15(14)23-28(26,27)13-10-16(20-11-13)18(25)22-21-17(24)12-6-2-1-3-7-12/h1-11,20,23H,(H,21,24)(H,22,25). The van der Waals surface area contributed by atoms with Crippen LogP contribution in [0.5, 0.6) is 0 Å². The molecule has 10 heteroatoms. The van der Waals surface area contributed by atoms with E-state index in [1.165, 1.54) is 18.2 Å². The fourth-order valence-corrected chi connectivity index (χ4v) is 3.31. The first-order valence-corrected chi connectivity index (χ1v) is 9.46. The Morgan fingerprint density at radius 2 is 1.54 bits per heavy atom. The van der Waals surface area contributed by atoms with Crippen LogP contribution in [0.2, 0.25) is 0 Å². The molecule has 2 aromatic carbocycles. The lowest BCUT2D eigenvalue weighted by atomic mass is 10.2. The number of aromatic amines is 1. The highest BCUT2D eigenvalue weighted by molar-refractivity contribution is 7.92. The average molecular weight is 402 g/mol. The summed E-state index contributed by atoms with van der Waals surface area (Å²) in [5, 5.41) is 0. The number of benzene rings is 2. The maximum Gasteiger partial charge on any atom is 0.286 e. The molecule has 4 N–H and O–H groups in total. The molecule has 0 atom stereocenters. The van der Waals surface area contributed by atoms with Gasteiger partial charge in [-0.1, -0.05) is 30.3 Å². The van der Waals surface area contributed by atoms with Crippen molar-refractivity contribution in [2.45, 2.75) is 4.90 Å². The average Bonchev–Trinajstić information content (AvgIpc) is 3.19. The number of hydrazine groups is 1. The molecule has 2 amide bonds. The number of halogens is 1. The summed E-state index contributed by atoms with van der Waals surface area (Å²) in [6, 6.07) is 14.6. The van der Waals surface area contributed by atoms with Crippen molar-refractivity contribution >= 4 is 27.5 Å². The summed E-state index contributed by atoms with van der Waals surface area (Å²) in [5.41, 5.74) is 4.41. The minimum atomic E-state index is -4.11. The molecule has 3 aromatic rings. The molecule has 1 heterocycles. The third kappa shape index (κ3) is 4.35. The zero-order chi connectivity index (χ0) is 20.1. The molecule has 3 rings (SSSR count). The van der Waals surface area contributed by atoms with Gasteiger partial charge in [-0.05, 0) is 30.3 Å². The van der Waals surface area contributed by atoms with Crippen molar-refractivity contribution in [3.05, 3.63) is 83.9 Å². The zero-order valence-electron chi connectivity index (χ0n) is 14.3. The first-order valence-electron chi connectivity index (χ1n) is 7.98. The number of nitrogens with one attached hydrogen (secondary N) is 4. The van der Waals surface area contributed by atoms with Crippen molar-refractivity contribution in [2.24, 2.45) is 0 Å². The molecule has 0 aliphatic rings. The van der Waals surface area contributed by atoms with E-state index in [2.05, 4.69) is 20.6 Å². The van der Waals surface area contributed by atoms with Crippen molar-refractivity contribution < 1.29 is 22.4 Å². The van der Waals surface area contributed by atoms with Crippen LogP contribution in [0.3, 0.4) is 0 Å². The highest BCUT2D eigenvalue weighted by atomic mass is 32.2. The Balaban J connectivity index is 1.66. The Morgan fingerprint density at radius 1 is 0.893 bits per heavy atom.